The number of rotatable bonds is 4. The van der Waals surface area contributed by atoms with Gasteiger partial charge in [0.1, 0.15) is 4.21 Å². The molecule has 0 spiro atoms. The van der Waals surface area contributed by atoms with Gasteiger partial charge >= 0.3 is 0 Å². The van der Waals surface area contributed by atoms with Gasteiger partial charge in [-0.25, -0.2) is 8.42 Å². The van der Waals surface area contributed by atoms with E-state index in [1.54, 1.807) is 19.2 Å². The quantitative estimate of drug-likeness (QED) is 0.902. The molecular weight excluding hydrogens is 336 g/mol. The van der Waals surface area contributed by atoms with Gasteiger partial charge in [-0.3, -0.25) is 0 Å². The van der Waals surface area contributed by atoms with Crippen LogP contribution >= 0.6 is 27.3 Å². The average Bonchev–Trinajstić information content (AvgIpc) is 2.78. The largest absolute Gasteiger partial charge is 0.316 e. The smallest absolute Gasteiger partial charge is 0.252 e. The molecule has 1 N–H and O–H groups in total. The van der Waals surface area contributed by atoms with Crippen molar-refractivity contribution >= 4 is 37.3 Å². The van der Waals surface area contributed by atoms with Crippen molar-refractivity contribution in [2.75, 3.05) is 26.7 Å². The second kappa shape index (κ2) is 6.00. The van der Waals surface area contributed by atoms with E-state index in [1.165, 1.54) is 15.6 Å². The van der Waals surface area contributed by atoms with Crippen LogP contribution in [0.4, 0.5) is 0 Å². The summed E-state index contributed by atoms with van der Waals surface area (Å²) in [6, 6.07) is 3.42. The Bertz CT molecular complexity index is 495. The van der Waals surface area contributed by atoms with E-state index in [-0.39, 0.29) is 0 Å². The van der Waals surface area contributed by atoms with Crippen molar-refractivity contribution in [1.29, 1.82) is 0 Å². The van der Waals surface area contributed by atoms with E-state index in [4.69, 9.17) is 0 Å². The number of thiophene rings is 1. The van der Waals surface area contributed by atoms with Crippen molar-refractivity contribution < 1.29 is 8.42 Å². The van der Waals surface area contributed by atoms with E-state index in [0.29, 0.717) is 16.7 Å². The maximum absolute atomic E-state index is 12.3. The van der Waals surface area contributed by atoms with Crippen molar-refractivity contribution in [3.05, 3.63) is 15.9 Å². The molecule has 1 aromatic rings. The minimum atomic E-state index is -3.32. The molecule has 102 valence electrons. The van der Waals surface area contributed by atoms with Crippen LogP contribution in [0.1, 0.15) is 12.8 Å². The first-order valence-corrected chi connectivity index (χ1v) is 8.97. The van der Waals surface area contributed by atoms with Crippen LogP contribution in [0.3, 0.4) is 0 Å². The molecule has 0 amide bonds. The predicted octanol–water partition coefficient (Wildman–Crippen LogP) is 2.13. The highest BCUT2D eigenvalue weighted by molar-refractivity contribution is 9.11. The van der Waals surface area contributed by atoms with Gasteiger partial charge < -0.3 is 5.32 Å². The van der Waals surface area contributed by atoms with Crippen LogP contribution in [0.25, 0.3) is 0 Å². The lowest BCUT2D eigenvalue weighted by Crippen LogP contribution is -2.38. The van der Waals surface area contributed by atoms with Crippen LogP contribution in [0.5, 0.6) is 0 Å². The van der Waals surface area contributed by atoms with E-state index in [0.717, 1.165) is 29.7 Å². The highest BCUT2D eigenvalue weighted by Gasteiger charge is 2.25. The highest BCUT2D eigenvalue weighted by Crippen LogP contribution is 2.28. The van der Waals surface area contributed by atoms with Gasteiger partial charge in [-0.2, -0.15) is 4.31 Å². The average molecular weight is 353 g/mol. The number of sulfonamides is 1. The van der Waals surface area contributed by atoms with E-state index in [2.05, 4.69) is 21.2 Å². The summed E-state index contributed by atoms with van der Waals surface area (Å²) in [6.07, 6.45) is 2.23. The van der Waals surface area contributed by atoms with Gasteiger partial charge in [0.05, 0.1) is 3.79 Å². The maximum Gasteiger partial charge on any atom is 0.252 e. The predicted molar refractivity (Wildman–Crippen MR) is 77.4 cm³/mol. The molecule has 2 rings (SSSR count). The Hall–Kier alpha value is 0.0500. The van der Waals surface area contributed by atoms with Gasteiger partial charge in [-0.1, -0.05) is 0 Å². The van der Waals surface area contributed by atoms with Gasteiger partial charge in [0.25, 0.3) is 10.0 Å². The van der Waals surface area contributed by atoms with Crippen LogP contribution in [0, 0.1) is 5.92 Å². The molecule has 1 aliphatic heterocycles. The molecule has 4 nitrogen and oxygen atoms in total. The summed E-state index contributed by atoms with van der Waals surface area (Å²) in [6.45, 7) is 2.55. The van der Waals surface area contributed by atoms with E-state index < -0.39 is 10.0 Å². The summed E-state index contributed by atoms with van der Waals surface area (Å²) in [5.41, 5.74) is 0. The molecule has 0 radical (unpaired) electrons. The fraction of sp³-hybridized carbons (Fsp3) is 0.636. The van der Waals surface area contributed by atoms with Gasteiger partial charge in [0, 0.05) is 13.6 Å². The van der Waals surface area contributed by atoms with Crippen LogP contribution in [0.15, 0.2) is 20.1 Å². The molecule has 18 heavy (non-hydrogen) atoms. The molecule has 7 heteroatoms. The Balaban J connectivity index is 2.05. The van der Waals surface area contributed by atoms with Crippen molar-refractivity contribution in [3.63, 3.8) is 0 Å². The third-order valence-corrected chi connectivity index (χ3v) is 7.04. The second-order valence-electron chi connectivity index (χ2n) is 4.56. The number of hydrogen-bond donors (Lipinski definition) is 1. The zero-order valence-corrected chi connectivity index (χ0v) is 13.4. The van der Waals surface area contributed by atoms with E-state index >= 15 is 0 Å². The minimum absolute atomic E-state index is 0.403. The molecule has 1 saturated heterocycles. The molecule has 0 saturated carbocycles. The van der Waals surface area contributed by atoms with Gasteiger partial charge in [0.2, 0.25) is 0 Å². The molecular formula is C11H17BrN2O2S2. The Labute approximate surface area is 121 Å². The van der Waals surface area contributed by atoms with Crippen molar-refractivity contribution in [2.24, 2.45) is 5.92 Å². The van der Waals surface area contributed by atoms with Crippen LogP contribution in [-0.2, 0) is 10.0 Å². The van der Waals surface area contributed by atoms with Crippen LogP contribution in [0.2, 0.25) is 0 Å². The molecule has 0 aromatic carbocycles. The Morgan fingerprint density at radius 1 is 1.56 bits per heavy atom. The molecule has 1 atom stereocenters. The number of hydrogen-bond acceptors (Lipinski definition) is 4. The summed E-state index contributed by atoms with van der Waals surface area (Å²) < 4.78 is 27.3. The molecule has 2 heterocycles. The zero-order chi connectivity index (χ0) is 13.2. The SMILES string of the molecule is CN(CC1CCCNC1)S(=O)(=O)c1ccc(Br)s1. The standard InChI is InChI=1S/C11H17BrN2O2S2/c1-14(8-9-3-2-6-13-7-9)18(15,16)11-5-4-10(12)17-11/h4-5,9,13H,2-3,6-8H2,1H3. The second-order valence-corrected chi connectivity index (χ2v) is 9.29. The normalized spacial score (nSPS) is 21.4. The fourth-order valence-electron chi connectivity index (χ4n) is 2.13. The summed E-state index contributed by atoms with van der Waals surface area (Å²) in [5, 5.41) is 3.31. The lowest BCUT2D eigenvalue weighted by molar-refractivity contribution is 0.315. The Morgan fingerprint density at radius 3 is 2.89 bits per heavy atom. The highest BCUT2D eigenvalue weighted by atomic mass is 79.9. The van der Waals surface area contributed by atoms with Crippen molar-refractivity contribution in [1.82, 2.24) is 9.62 Å². The third-order valence-electron chi connectivity index (χ3n) is 3.13. The monoisotopic (exact) mass is 352 g/mol. The molecule has 1 fully saturated rings. The molecule has 0 bridgehead atoms. The van der Waals surface area contributed by atoms with Gasteiger partial charge in [-0.05, 0) is 59.9 Å². The summed E-state index contributed by atoms with van der Waals surface area (Å²) in [5.74, 6) is 0.418. The third kappa shape index (κ3) is 3.33. The molecule has 1 aromatic heterocycles. The van der Waals surface area contributed by atoms with Crippen LogP contribution in [-0.4, -0.2) is 39.4 Å². The minimum Gasteiger partial charge on any atom is -0.316 e. The van der Waals surface area contributed by atoms with Gasteiger partial charge in [0.15, 0.2) is 0 Å². The Morgan fingerprint density at radius 2 is 2.33 bits per heavy atom. The lowest BCUT2D eigenvalue weighted by Gasteiger charge is -2.26. The number of halogens is 1. The Kier molecular flexibility index (Phi) is 4.82. The fourth-order valence-corrected chi connectivity index (χ4v) is 5.60. The first-order chi connectivity index (χ1) is 8.50. The first kappa shape index (κ1) is 14.5. The number of piperidine rings is 1. The number of nitrogens with one attached hydrogen (secondary N) is 1. The topological polar surface area (TPSA) is 49.4 Å². The zero-order valence-electron chi connectivity index (χ0n) is 10.2. The number of nitrogens with zero attached hydrogens (tertiary/aromatic N) is 1. The van der Waals surface area contributed by atoms with Crippen molar-refractivity contribution in [3.8, 4) is 0 Å². The first-order valence-electron chi connectivity index (χ1n) is 5.92. The molecule has 1 aliphatic rings. The summed E-state index contributed by atoms with van der Waals surface area (Å²) >= 11 is 4.55. The van der Waals surface area contributed by atoms with E-state index in [1.807, 2.05) is 0 Å². The maximum atomic E-state index is 12.3. The van der Waals surface area contributed by atoms with E-state index in [9.17, 15) is 8.42 Å². The molecule has 0 aliphatic carbocycles. The van der Waals surface area contributed by atoms with Gasteiger partial charge in [-0.15, -0.1) is 11.3 Å². The van der Waals surface area contributed by atoms with Crippen LogP contribution < -0.4 is 5.32 Å². The molecule has 1 unspecified atom stereocenters. The lowest BCUT2D eigenvalue weighted by atomic mass is 10.00. The summed E-state index contributed by atoms with van der Waals surface area (Å²) in [7, 11) is -1.66. The summed E-state index contributed by atoms with van der Waals surface area (Å²) in [4.78, 5) is 0. The van der Waals surface area contributed by atoms with Crippen molar-refractivity contribution in [2.45, 2.75) is 17.1 Å².